The second-order valence-corrected chi connectivity index (χ2v) is 5.12. The van der Waals surface area contributed by atoms with Crippen LogP contribution in [0.2, 0.25) is 0 Å². The Labute approximate surface area is 107 Å². The van der Waals surface area contributed by atoms with Crippen LogP contribution in [0.4, 0.5) is 0 Å². The van der Waals surface area contributed by atoms with Crippen molar-refractivity contribution < 1.29 is 0 Å². The zero-order chi connectivity index (χ0) is 12.4. The highest BCUT2D eigenvalue weighted by Gasteiger charge is 2.17. The molecule has 6 nitrogen and oxygen atoms in total. The third-order valence-electron chi connectivity index (χ3n) is 3.87. The van der Waals surface area contributed by atoms with Crippen LogP contribution in [-0.2, 0) is 19.5 Å². The molecule has 1 aromatic heterocycles. The molecule has 100 valence electrons. The molecule has 2 aliphatic rings. The van der Waals surface area contributed by atoms with Crippen molar-refractivity contribution in [3.8, 4) is 0 Å². The molecule has 0 bridgehead atoms. The van der Waals surface area contributed by atoms with Crippen molar-refractivity contribution in [2.45, 2.75) is 32.4 Å². The molecule has 0 amide bonds. The summed E-state index contributed by atoms with van der Waals surface area (Å²) >= 11 is 0. The molecule has 0 unspecified atom stereocenters. The molecular formula is C12H21N5O. The van der Waals surface area contributed by atoms with Crippen LogP contribution in [0.25, 0.3) is 0 Å². The number of nitrogens with zero attached hydrogens (tertiary/aromatic N) is 4. The lowest BCUT2D eigenvalue weighted by atomic mass is 10.2. The quantitative estimate of drug-likeness (QED) is 0.771. The number of aryl methyl sites for hydroxylation is 1. The molecule has 0 aliphatic carbocycles. The van der Waals surface area contributed by atoms with Gasteiger partial charge in [-0.2, -0.15) is 5.10 Å². The standard InChI is InChI=1S/C12H21N5O/c18-12-16-6-2-1-3-11(16)14-17(12)10-9-15-7-4-13-5-8-15/h13H,1-10H2. The number of rotatable bonds is 3. The van der Waals surface area contributed by atoms with Crippen LogP contribution in [0.3, 0.4) is 0 Å². The lowest BCUT2D eigenvalue weighted by Gasteiger charge is -2.26. The summed E-state index contributed by atoms with van der Waals surface area (Å²) in [4.78, 5) is 14.5. The Bertz CT molecular complexity index is 458. The van der Waals surface area contributed by atoms with Crippen molar-refractivity contribution in [2.75, 3.05) is 32.7 Å². The summed E-state index contributed by atoms with van der Waals surface area (Å²) in [7, 11) is 0. The molecule has 0 saturated carbocycles. The lowest BCUT2D eigenvalue weighted by Crippen LogP contribution is -2.45. The van der Waals surface area contributed by atoms with Gasteiger partial charge >= 0.3 is 5.69 Å². The first-order valence-electron chi connectivity index (χ1n) is 6.94. The van der Waals surface area contributed by atoms with Gasteiger partial charge in [-0.25, -0.2) is 9.48 Å². The van der Waals surface area contributed by atoms with Gasteiger partial charge in [0.1, 0.15) is 5.82 Å². The summed E-state index contributed by atoms with van der Waals surface area (Å²) in [5.74, 6) is 0.978. The predicted octanol–water partition coefficient (Wildman–Crippen LogP) is -0.714. The van der Waals surface area contributed by atoms with E-state index in [1.807, 2.05) is 4.57 Å². The molecule has 6 heteroatoms. The van der Waals surface area contributed by atoms with E-state index in [0.29, 0.717) is 0 Å². The summed E-state index contributed by atoms with van der Waals surface area (Å²) in [6.45, 7) is 6.74. The van der Waals surface area contributed by atoms with E-state index in [1.54, 1.807) is 4.68 Å². The molecule has 2 aliphatic heterocycles. The molecule has 3 heterocycles. The molecule has 1 N–H and O–H groups in total. The van der Waals surface area contributed by atoms with Gasteiger partial charge in [0.15, 0.2) is 0 Å². The SMILES string of the molecule is O=c1n(CCN2CCNCC2)nc2n1CCCC2. The zero-order valence-corrected chi connectivity index (χ0v) is 10.8. The second-order valence-electron chi connectivity index (χ2n) is 5.12. The van der Waals surface area contributed by atoms with Crippen LogP contribution in [0.5, 0.6) is 0 Å². The van der Waals surface area contributed by atoms with E-state index < -0.39 is 0 Å². The van der Waals surface area contributed by atoms with Crippen molar-refractivity contribution in [1.29, 1.82) is 0 Å². The summed E-state index contributed by atoms with van der Waals surface area (Å²) < 4.78 is 3.50. The first-order valence-corrected chi connectivity index (χ1v) is 6.94. The Kier molecular flexibility index (Phi) is 3.47. The van der Waals surface area contributed by atoms with Gasteiger partial charge in [-0.15, -0.1) is 0 Å². The number of nitrogens with one attached hydrogen (secondary N) is 1. The van der Waals surface area contributed by atoms with Gasteiger partial charge in [-0.05, 0) is 12.8 Å². The molecule has 1 fully saturated rings. The van der Waals surface area contributed by atoms with E-state index in [9.17, 15) is 4.79 Å². The summed E-state index contributed by atoms with van der Waals surface area (Å²) in [5, 5.41) is 7.79. The number of fused-ring (bicyclic) bond motifs is 1. The van der Waals surface area contributed by atoms with Crippen molar-refractivity contribution >= 4 is 0 Å². The van der Waals surface area contributed by atoms with Crippen molar-refractivity contribution in [2.24, 2.45) is 0 Å². The van der Waals surface area contributed by atoms with Gasteiger partial charge in [-0.3, -0.25) is 9.47 Å². The molecule has 1 saturated heterocycles. The summed E-state index contributed by atoms with van der Waals surface area (Å²) in [6, 6.07) is 0. The minimum atomic E-state index is 0.0832. The Hall–Kier alpha value is -1.14. The third-order valence-corrected chi connectivity index (χ3v) is 3.87. The van der Waals surface area contributed by atoms with Gasteiger partial charge in [0.2, 0.25) is 0 Å². The molecule has 18 heavy (non-hydrogen) atoms. The lowest BCUT2D eigenvalue weighted by molar-refractivity contribution is 0.228. The van der Waals surface area contributed by atoms with E-state index in [0.717, 1.165) is 70.9 Å². The largest absolute Gasteiger partial charge is 0.345 e. The molecule has 0 radical (unpaired) electrons. The molecule has 0 aromatic carbocycles. The first-order chi connectivity index (χ1) is 8.84. The van der Waals surface area contributed by atoms with Gasteiger partial charge in [0.25, 0.3) is 0 Å². The van der Waals surface area contributed by atoms with Crippen LogP contribution >= 0.6 is 0 Å². The van der Waals surface area contributed by atoms with E-state index in [2.05, 4.69) is 15.3 Å². The topological polar surface area (TPSA) is 55.1 Å². The van der Waals surface area contributed by atoms with Crippen LogP contribution in [0.15, 0.2) is 4.79 Å². The van der Waals surface area contributed by atoms with Crippen LogP contribution < -0.4 is 11.0 Å². The Balaban J connectivity index is 1.65. The van der Waals surface area contributed by atoms with Crippen molar-refractivity contribution in [3.05, 3.63) is 16.3 Å². The fourth-order valence-corrected chi connectivity index (χ4v) is 2.77. The zero-order valence-electron chi connectivity index (χ0n) is 10.8. The molecular weight excluding hydrogens is 230 g/mol. The smallest absolute Gasteiger partial charge is 0.314 e. The Morgan fingerprint density at radius 3 is 2.72 bits per heavy atom. The summed E-state index contributed by atoms with van der Waals surface area (Å²) in [6.07, 6.45) is 3.22. The van der Waals surface area contributed by atoms with E-state index in [4.69, 9.17) is 0 Å². The number of aromatic nitrogens is 3. The Morgan fingerprint density at radius 2 is 1.94 bits per heavy atom. The van der Waals surface area contributed by atoms with E-state index in [-0.39, 0.29) is 5.69 Å². The fraction of sp³-hybridized carbons (Fsp3) is 0.833. The van der Waals surface area contributed by atoms with Gasteiger partial charge in [-0.1, -0.05) is 0 Å². The van der Waals surface area contributed by atoms with Crippen molar-refractivity contribution in [3.63, 3.8) is 0 Å². The second kappa shape index (κ2) is 5.24. The monoisotopic (exact) mass is 251 g/mol. The maximum absolute atomic E-state index is 12.1. The minimum Gasteiger partial charge on any atom is -0.314 e. The predicted molar refractivity (Wildman–Crippen MR) is 68.7 cm³/mol. The van der Waals surface area contributed by atoms with Gasteiger partial charge in [0.05, 0.1) is 6.54 Å². The fourth-order valence-electron chi connectivity index (χ4n) is 2.77. The maximum Gasteiger partial charge on any atom is 0.345 e. The van der Waals surface area contributed by atoms with Crippen LogP contribution in [-0.4, -0.2) is 52.0 Å². The van der Waals surface area contributed by atoms with Crippen LogP contribution in [0, 0.1) is 0 Å². The molecule has 0 atom stereocenters. The normalized spacial score (nSPS) is 20.9. The number of hydrogen-bond acceptors (Lipinski definition) is 4. The van der Waals surface area contributed by atoms with Gasteiger partial charge < -0.3 is 5.32 Å². The molecule has 0 spiro atoms. The van der Waals surface area contributed by atoms with E-state index in [1.165, 1.54) is 0 Å². The van der Waals surface area contributed by atoms with Crippen LogP contribution in [0.1, 0.15) is 18.7 Å². The maximum atomic E-state index is 12.1. The Morgan fingerprint density at radius 1 is 1.11 bits per heavy atom. The average Bonchev–Trinajstić information content (AvgIpc) is 2.75. The first kappa shape index (κ1) is 11.9. The highest BCUT2D eigenvalue weighted by Crippen LogP contribution is 2.09. The third kappa shape index (κ3) is 2.35. The highest BCUT2D eigenvalue weighted by molar-refractivity contribution is 4.91. The number of piperazine rings is 1. The summed E-state index contributed by atoms with van der Waals surface area (Å²) in [5.41, 5.74) is 0.0832. The molecule has 1 aromatic rings. The number of hydrogen-bond donors (Lipinski definition) is 1. The average molecular weight is 251 g/mol. The van der Waals surface area contributed by atoms with Crippen molar-refractivity contribution in [1.82, 2.24) is 24.6 Å². The van der Waals surface area contributed by atoms with Gasteiger partial charge in [0, 0.05) is 45.7 Å². The highest BCUT2D eigenvalue weighted by atomic mass is 16.2. The molecule has 3 rings (SSSR count). The van der Waals surface area contributed by atoms with E-state index >= 15 is 0 Å². The minimum absolute atomic E-state index is 0.0832.